The first-order valence-electron chi connectivity index (χ1n) is 10.3. The van der Waals surface area contributed by atoms with E-state index in [0.29, 0.717) is 6.42 Å². The van der Waals surface area contributed by atoms with Gasteiger partial charge in [0.25, 0.3) is 0 Å². The van der Waals surface area contributed by atoms with E-state index in [1.54, 1.807) is 6.92 Å². The summed E-state index contributed by atoms with van der Waals surface area (Å²) in [6.45, 7) is 4.03. The van der Waals surface area contributed by atoms with Gasteiger partial charge >= 0.3 is 11.9 Å². The highest BCUT2D eigenvalue weighted by atomic mass is 16.5. The Kier molecular flexibility index (Phi) is 15.9. The molecule has 0 aromatic rings. The number of ether oxygens (including phenoxy) is 2. The van der Waals surface area contributed by atoms with Crippen LogP contribution in [0.5, 0.6) is 0 Å². The standard InChI is InChI=1S/C21H38O5/c1-4-6-7-8-9-10-11-12-13-14-15-16-17-18(20(23)25-3)19(22)21(24)26-5-2/h22H,4-17H2,1-3H3/b19-18-. The molecule has 0 amide bonds. The van der Waals surface area contributed by atoms with Crippen molar-refractivity contribution in [3.63, 3.8) is 0 Å². The second kappa shape index (κ2) is 16.9. The van der Waals surface area contributed by atoms with Gasteiger partial charge in [0, 0.05) is 0 Å². The van der Waals surface area contributed by atoms with Crippen LogP contribution in [0.2, 0.25) is 0 Å². The normalized spacial score (nSPS) is 11.8. The van der Waals surface area contributed by atoms with Crippen molar-refractivity contribution in [3.05, 3.63) is 11.3 Å². The number of esters is 2. The van der Waals surface area contributed by atoms with Crippen LogP contribution in [0.3, 0.4) is 0 Å². The first-order valence-corrected chi connectivity index (χ1v) is 10.3. The van der Waals surface area contributed by atoms with Gasteiger partial charge in [0.15, 0.2) is 0 Å². The molecule has 5 heteroatoms. The Labute approximate surface area is 159 Å². The van der Waals surface area contributed by atoms with Crippen LogP contribution in [-0.2, 0) is 19.1 Å². The lowest BCUT2D eigenvalue weighted by Gasteiger charge is -2.08. The third kappa shape index (κ3) is 11.9. The lowest BCUT2D eigenvalue weighted by molar-refractivity contribution is -0.143. The van der Waals surface area contributed by atoms with Crippen molar-refractivity contribution >= 4 is 11.9 Å². The maximum atomic E-state index is 11.7. The molecular weight excluding hydrogens is 332 g/mol. The lowest BCUT2D eigenvalue weighted by Crippen LogP contribution is -2.15. The maximum Gasteiger partial charge on any atom is 0.373 e. The third-order valence-electron chi connectivity index (χ3n) is 4.47. The number of aliphatic hydroxyl groups is 1. The minimum Gasteiger partial charge on any atom is -0.501 e. The average molecular weight is 371 g/mol. The van der Waals surface area contributed by atoms with Gasteiger partial charge in [-0.3, -0.25) is 0 Å². The molecule has 0 aliphatic rings. The van der Waals surface area contributed by atoms with Gasteiger partial charge < -0.3 is 14.6 Å². The molecule has 0 spiro atoms. The van der Waals surface area contributed by atoms with Crippen molar-refractivity contribution in [1.29, 1.82) is 0 Å². The summed E-state index contributed by atoms with van der Waals surface area (Å²) in [6.07, 6.45) is 14.9. The zero-order valence-corrected chi connectivity index (χ0v) is 17.0. The highest BCUT2D eigenvalue weighted by molar-refractivity contribution is 5.98. The first-order chi connectivity index (χ1) is 12.6. The second-order valence-corrected chi connectivity index (χ2v) is 6.68. The zero-order valence-electron chi connectivity index (χ0n) is 17.0. The summed E-state index contributed by atoms with van der Waals surface area (Å²) >= 11 is 0. The van der Waals surface area contributed by atoms with E-state index in [2.05, 4.69) is 11.7 Å². The summed E-state index contributed by atoms with van der Waals surface area (Å²) in [5, 5.41) is 9.89. The predicted molar refractivity (Wildman–Crippen MR) is 104 cm³/mol. The molecule has 5 nitrogen and oxygen atoms in total. The van der Waals surface area contributed by atoms with E-state index in [1.165, 1.54) is 64.9 Å². The number of hydrogen-bond acceptors (Lipinski definition) is 5. The van der Waals surface area contributed by atoms with Crippen molar-refractivity contribution < 1.29 is 24.2 Å². The Morgan fingerprint density at radius 3 is 1.62 bits per heavy atom. The fourth-order valence-corrected chi connectivity index (χ4v) is 2.91. The Morgan fingerprint density at radius 1 is 0.731 bits per heavy atom. The van der Waals surface area contributed by atoms with Crippen molar-refractivity contribution in [2.24, 2.45) is 0 Å². The molecule has 0 aliphatic carbocycles. The number of aliphatic hydroxyl groups excluding tert-OH is 1. The van der Waals surface area contributed by atoms with Crippen LogP contribution >= 0.6 is 0 Å². The molecule has 26 heavy (non-hydrogen) atoms. The average Bonchev–Trinajstić information content (AvgIpc) is 2.64. The van der Waals surface area contributed by atoms with E-state index in [1.807, 2.05) is 0 Å². The Morgan fingerprint density at radius 2 is 1.19 bits per heavy atom. The number of rotatable bonds is 16. The molecule has 152 valence electrons. The van der Waals surface area contributed by atoms with E-state index >= 15 is 0 Å². The third-order valence-corrected chi connectivity index (χ3v) is 4.47. The van der Waals surface area contributed by atoms with E-state index in [0.717, 1.165) is 19.3 Å². The van der Waals surface area contributed by atoms with Gasteiger partial charge in [0.05, 0.1) is 19.3 Å². The molecule has 0 radical (unpaired) electrons. The summed E-state index contributed by atoms with van der Waals surface area (Å²) in [7, 11) is 1.24. The first kappa shape index (κ1) is 24.5. The molecule has 0 unspecified atom stereocenters. The van der Waals surface area contributed by atoms with Crippen molar-refractivity contribution in [1.82, 2.24) is 0 Å². The monoisotopic (exact) mass is 370 g/mol. The van der Waals surface area contributed by atoms with Crippen LogP contribution in [0, 0.1) is 0 Å². The highest BCUT2D eigenvalue weighted by Crippen LogP contribution is 2.17. The molecule has 0 aliphatic heterocycles. The van der Waals surface area contributed by atoms with Crippen LogP contribution < -0.4 is 0 Å². The maximum absolute atomic E-state index is 11.7. The zero-order chi connectivity index (χ0) is 19.6. The molecule has 0 bridgehead atoms. The fraction of sp³-hybridized carbons (Fsp3) is 0.810. The van der Waals surface area contributed by atoms with Gasteiger partial charge in [0.2, 0.25) is 5.76 Å². The summed E-state index contributed by atoms with van der Waals surface area (Å²) < 4.78 is 9.39. The molecule has 0 fully saturated rings. The van der Waals surface area contributed by atoms with E-state index in [9.17, 15) is 14.7 Å². The van der Waals surface area contributed by atoms with Crippen molar-refractivity contribution in [2.45, 2.75) is 97.3 Å². The quantitative estimate of drug-likeness (QED) is 0.165. The van der Waals surface area contributed by atoms with Crippen LogP contribution in [0.25, 0.3) is 0 Å². The van der Waals surface area contributed by atoms with Crippen LogP contribution in [0.1, 0.15) is 97.3 Å². The molecule has 0 saturated heterocycles. The van der Waals surface area contributed by atoms with Gasteiger partial charge in [-0.2, -0.15) is 0 Å². The van der Waals surface area contributed by atoms with Crippen LogP contribution in [0.4, 0.5) is 0 Å². The van der Waals surface area contributed by atoms with Crippen molar-refractivity contribution in [2.75, 3.05) is 13.7 Å². The number of unbranched alkanes of at least 4 members (excludes halogenated alkanes) is 11. The Balaban J connectivity index is 3.92. The second-order valence-electron chi connectivity index (χ2n) is 6.68. The highest BCUT2D eigenvalue weighted by Gasteiger charge is 2.21. The number of carbonyl (C=O) groups is 2. The number of carbonyl (C=O) groups excluding carboxylic acids is 2. The molecular formula is C21H38O5. The Bertz CT molecular complexity index is 415. The van der Waals surface area contributed by atoms with E-state index in [-0.39, 0.29) is 12.2 Å². The topological polar surface area (TPSA) is 72.8 Å². The molecule has 0 atom stereocenters. The molecule has 1 N–H and O–H groups in total. The predicted octanol–water partition coefficient (Wildman–Crippen LogP) is 5.63. The smallest absolute Gasteiger partial charge is 0.373 e. The molecule has 0 aromatic heterocycles. The largest absolute Gasteiger partial charge is 0.501 e. The van der Waals surface area contributed by atoms with Crippen molar-refractivity contribution in [3.8, 4) is 0 Å². The van der Waals surface area contributed by atoms with E-state index in [4.69, 9.17) is 4.74 Å². The summed E-state index contributed by atoms with van der Waals surface area (Å²) in [5.41, 5.74) is 0.0121. The molecule has 0 rings (SSSR count). The number of methoxy groups -OCH3 is 1. The van der Waals surface area contributed by atoms with Gasteiger partial charge in [-0.25, -0.2) is 9.59 Å². The lowest BCUT2D eigenvalue weighted by atomic mass is 10.0. The SMILES string of the molecule is CCCCCCCCCCCCCC/C(C(=O)OC)=C(/O)C(=O)OCC. The summed E-state index contributed by atoms with van der Waals surface area (Å²) in [6, 6.07) is 0. The minimum absolute atomic E-state index is 0.0121. The molecule has 0 aromatic carbocycles. The minimum atomic E-state index is -0.869. The summed E-state index contributed by atoms with van der Waals surface area (Å²) in [5.74, 6) is -2.16. The van der Waals surface area contributed by atoms with Gasteiger partial charge in [0.1, 0.15) is 0 Å². The van der Waals surface area contributed by atoms with Gasteiger partial charge in [-0.1, -0.05) is 77.6 Å². The molecule has 0 saturated carbocycles. The molecule has 0 heterocycles. The van der Waals surface area contributed by atoms with Gasteiger partial charge in [-0.05, 0) is 19.8 Å². The van der Waals surface area contributed by atoms with Gasteiger partial charge in [-0.15, -0.1) is 0 Å². The number of hydrogen-bond donors (Lipinski definition) is 1. The van der Waals surface area contributed by atoms with E-state index < -0.39 is 17.7 Å². The fourth-order valence-electron chi connectivity index (χ4n) is 2.91. The van der Waals surface area contributed by atoms with Crippen LogP contribution in [0.15, 0.2) is 11.3 Å². The Hall–Kier alpha value is -1.52. The summed E-state index contributed by atoms with van der Waals surface area (Å²) in [4.78, 5) is 23.3. The van der Waals surface area contributed by atoms with Crippen LogP contribution in [-0.4, -0.2) is 30.8 Å².